The Morgan fingerprint density at radius 3 is 1.98 bits per heavy atom. The molecule has 1 aromatic carbocycles. The Labute approximate surface area is 252 Å². The maximum Gasteiger partial charge on any atom is 0.430 e. The SMILES string of the molecule is CN(C)C(=O)c1ccc(N2CCC(CC3CCN(C(=O)[C@](O)(c4cc(Cl)cc(Cl)c4)C(F)(F)F)CC3)CC2)nc1Cl. The summed E-state index contributed by atoms with van der Waals surface area (Å²) >= 11 is 18.0. The van der Waals surface area contributed by atoms with Crippen molar-refractivity contribution in [2.75, 3.05) is 45.2 Å². The van der Waals surface area contributed by atoms with Crippen LogP contribution in [0, 0.1) is 11.8 Å². The number of aromatic nitrogens is 1. The first-order valence-electron chi connectivity index (χ1n) is 13.4. The van der Waals surface area contributed by atoms with E-state index in [-0.39, 0.29) is 40.1 Å². The number of benzene rings is 1. The lowest BCUT2D eigenvalue weighted by Gasteiger charge is -2.40. The number of hydrogen-bond donors (Lipinski definition) is 1. The molecule has 0 radical (unpaired) electrons. The molecule has 0 unspecified atom stereocenters. The summed E-state index contributed by atoms with van der Waals surface area (Å²) in [7, 11) is 3.30. The highest BCUT2D eigenvalue weighted by Crippen LogP contribution is 2.43. The Balaban J connectivity index is 1.32. The van der Waals surface area contributed by atoms with Crippen LogP contribution in [0.3, 0.4) is 0 Å². The van der Waals surface area contributed by atoms with Crippen LogP contribution in [0.25, 0.3) is 0 Å². The van der Waals surface area contributed by atoms with Gasteiger partial charge in [0.15, 0.2) is 0 Å². The van der Waals surface area contributed by atoms with Gasteiger partial charge in [0.25, 0.3) is 17.4 Å². The van der Waals surface area contributed by atoms with Crippen LogP contribution in [0.2, 0.25) is 15.2 Å². The number of hydrogen-bond acceptors (Lipinski definition) is 5. The molecule has 41 heavy (non-hydrogen) atoms. The highest BCUT2D eigenvalue weighted by Gasteiger charge is 2.62. The third-order valence-electron chi connectivity index (χ3n) is 7.98. The lowest BCUT2D eigenvalue weighted by atomic mass is 9.82. The van der Waals surface area contributed by atoms with Crippen molar-refractivity contribution in [1.82, 2.24) is 14.8 Å². The molecule has 3 heterocycles. The van der Waals surface area contributed by atoms with Crippen molar-refractivity contribution < 1.29 is 27.9 Å². The van der Waals surface area contributed by atoms with E-state index >= 15 is 0 Å². The van der Waals surface area contributed by atoms with Gasteiger partial charge in [0.2, 0.25) is 0 Å². The maximum absolute atomic E-state index is 14.1. The van der Waals surface area contributed by atoms with Gasteiger partial charge in [0.1, 0.15) is 11.0 Å². The van der Waals surface area contributed by atoms with Gasteiger partial charge in [-0.1, -0.05) is 34.8 Å². The van der Waals surface area contributed by atoms with E-state index < -0.39 is 23.2 Å². The fraction of sp³-hybridized carbons (Fsp3) is 0.536. The predicted octanol–water partition coefficient (Wildman–Crippen LogP) is 6.04. The molecule has 0 aliphatic carbocycles. The molecule has 2 aliphatic rings. The van der Waals surface area contributed by atoms with E-state index in [0.717, 1.165) is 49.4 Å². The van der Waals surface area contributed by atoms with Gasteiger partial charge < -0.3 is 19.8 Å². The van der Waals surface area contributed by atoms with E-state index in [2.05, 4.69) is 9.88 Å². The van der Waals surface area contributed by atoms with Crippen molar-refractivity contribution in [2.45, 2.75) is 43.9 Å². The average molecular weight is 636 g/mol. The number of halogens is 6. The molecular formula is C28H32Cl3F3N4O3. The molecule has 0 spiro atoms. The molecule has 2 aromatic rings. The normalized spacial score (nSPS) is 18.8. The number of pyridine rings is 1. The molecule has 1 N–H and O–H groups in total. The summed E-state index contributed by atoms with van der Waals surface area (Å²) < 4.78 is 42.3. The molecular weight excluding hydrogens is 604 g/mol. The number of carbonyl (C=O) groups excluding carboxylic acids is 2. The molecule has 7 nitrogen and oxygen atoms in total. The molecule has 1 aromatic heterocycles. The Morgan fingerprint density at radius 2 is 1.49 bits per heavy atom. The first-order valence-corrected chi connectivity index (χ1v) is 14.5. The van der Waals surface area contributed by atoms with Gasteiger partial charge >= 0.3 is 6.18 Å². The van der Waals surface area contributed by atoms with Crippen LogP contribution in [-0.4, -0.2) is 78.2 Å². The van der Waals surface area contributed by atoms with Crippen LogP contribution in [0.4, 0.5) is 19.0 Å². The molecule has 2 saturated heterocycles. The maximum atomic E-state index is 14.1. The Bertz CT molecular complexity index is 1260. The number of carbonyl (C=O) groups is 2. The number of amides is 2. The molecule has 4 rings (SSSR count). The fourth-order valence-corrected chi connectivity index (χ4v) is 6.40. The largest absolute Gasteiger partial charge is 0.430 e. The van der Waals surface area contributed by atoms with Gasteiger partial charge in [-0.2, -0.15) is 13.2 Å². The third-order valence-corrected chi connectivity index (χ3v) is 8.70. The molecule has 1 atom stereocenters. The highest BCUT2D eigenvalue weighted by atomic mass is 35.5. The Hall–Kier alpha value is -2.27. The molecule has 13 heteroatoms. The second-order valence-corrected chi connectivity index (χ2v) is 12.2. The summed E-state index contributed by atoms with van der Waals surface area (Å²) in [5.74, 6) is -0.214. The number of anilines is 1. The van der Waals surface area contributed by atoms with Crippen molar-refractivity contribution in [3.63, 3.8) is 0 Å². The lowest BCUT2D eigenvalue weighted by Crippen LogP contribution is -2.57. The third kappa shape index (κ3) is 6.87. The first-order chi connectivity index (χ1) is 19.2. The monoisotopic (exact) mass is 634 g/mol. The number of likely N-dealkylation sites (tertiary alicyclic amines) is 1. The van der Waals surface area contributed by atoms with Gasteiger partial charge in [0.05, 0.1) is 5.56 Å². The molecule has 2 aliphatic heterocycles. The number of alkyl halides is 3. The Kier molecular flexibility index (Phi) is 9.68. The number of aliphatic hydroxyl groups is 1. The smallest absolute Gasteiger partial charge is 0.368 e. The minimum absolute atomic E-state index is 0.108. The highest BCUT2D eigenvalue weighted by molar-refractivity contribution is 6.34. The molecule has 0 saturated carbocycles. The van der Waals surface area contributed by atoms with Crippen LogP contribution in [0.15, 0.2) is 30.3 Å². The lowest BCUT2D eigenvalue weighted by molar-refractivity contribution is -0.262. The minimum atomic E-state index is -5.26. The number of rotatable bonds is 6. The van der Waals surface area contributed by atoms with Gasteiger partial charge in [-0.05, 0) is 74.3 Å². The van der Waals surface area contributed by atoms with Crippen molar-refractivity contribution >= 4 is 52.4 Å². The van der Waals surface area contributed by atoms with Crippen molar-refractivity contribution in [2.24, 2.45) is 11.8 Å². The van der Waals surface area contributed by atoms with Crippen molar-refractivity contribution in [3.8, 4) is 0 Å². The summed E-state index contributed by atoms with van der Waals surface area (Å²) in [6.45, 7) is 1.78. The first kappa shape index (κ1) is 31.7. The second-order valence-electron chi connectivity index (χ2n) is 11.0. The average Bonchev–Trinajstić information content (AvgIpc) is 2.91. The van der Waals surface area contributed by atoms with Crippen LogP contribution < -0.4 is 4.90 Å². The summed E-state index contributed by atoms with van der Waals surface area (Å²) in [5.41, 5.74) is -4.09. The molecule has 2 fully saturated rings. The van der Waals surface area contributed by atoms with Crippen molar-refractivity contribution in [3.05, 3.63) is 56.7 Å². The van der Waals surface area contributed by atoms with Crippen LogP contribution in [0.5, 0.6) is 0 Å². The van der Waals surface area contributed by atoms with E-state index in [1.165, 1.54) is 11.0 Å². The molecule has 224 valence electrons. The molecule has 2 amide bonds. The van der Waals surface area contributed by atoms with Crippen LogP contribution in [-0.2, 0) is 10.4 Å². The number of nitrogens with zero attached hydrogens (tertiary/aromatic N) is 4. The summed E-state index contributed by atoms with van der Waals surface area (Å²) in [6.07, 6.45) is -1.41. The zero-order valence-electron chi connectivity index (χ0n) is 22.7. The Morgan fingerprint density at radius 1 is 0.951 bits per heavy atom. The van der Waals surface area contributed by atoms with Gasteiger partial charge in [-0.3, -0.25) is 9.59 Å². The quantitative estimate of drug-likeness (QED) is 0.392. The number of piperidine rings is 2. The standard InChI is InChI=1S/C28H32Cl3F3N4O3/c1-36(2)25(39)22-3-4-23(35-24(22)31)37-9-5-17(6-10-37)13-18-7-11-38(12-8-18)26(40)27(41,28(32,33)34)19-14-20(29)16-21(30)15-19/h3-4,14-18,41H,5-13H2,1-2H3/t27-/m1/s1. The summed E-state index contributed by atoms with van der Waals surface area (Å²) in [6, 6.07) is 6.56. The molecule has 0 bridgehead atoms. The van der Waals surface area contributed by atoms with Gasteiger partial charge in [0, 0.05) is 55.9 Å². The van der Waals surface area contributed by atoms with Crippen LogP contribution in [0.1, 0.15) is 48.0 Å². The zero-order chi connectivity index (χ0) is 30.1. The minimum Gasteiger partial charge on any atom is -0.368 e. The zero-order valence-corrected chi connectivity index (χ0v) is 25.0. The van der Waals surface area contributed by atoms with Gasteiger partial charge in [-0.15, -0.1) is 0 Å². The predicted molar refractivity (Wildman–Crippen MR) is 153 cm³/mol. The van der Waals surface area contributed by atoms with E-state index in [9.17, 15) is 27.9 Å². The van der Waals surface area contributed by atoms with Gasteiger partial charge in [-0.25, -0.2) is 4.98 Å². The van der Waals surface area contributed by atoms with Crippen molar-refractivity contribution in [1.29, 1.82) is 0 Å². The topological polar surface area (TPSA) is 77.0 Å². The summed E-state index contributed by atoms with van der Waals surface area (Å²) in [4.78, 5) is 34.4. The van der Waals surface area contributed by atoms with Crippen LogP contribution >= 0.6 is 34.8 Å². The van der Waals surface area contributed by atoms with E-state index in [4.69, 9.17) is 34.8 Å². The van der Waals surface area contributed by atoms with E-state index in [1.54, 1.807) is 26.2 Å². The fourth-order valence-electron chi connectivity index (χ4n) is 5.64. The second kappa shape index (κ2) is 12.5. The van der Waals surface area contributed by atoms with E-state index in [0.29, 0.717) is 30.1 Å². The van der Waals surface area contributed by atoms with E-state index in [1.807, 2.05) is 0 Å². The summed E-state index contributed by atoms with van der Waals surface area (Å²) in [5, 5.41) is 10.7.